The van der Waals surface area contributed by atoms with E-state index < -0.39 is 10.0 Å². The second-order valence-electron chi connectivity index (χ2n) is 6.41. The fourth-order valence-electron chi connectivity index (χ4n) is 3.02. The van der Waals surface area contributed by atoms with Crippen molar-refractivity contribution in [1.82, 2.24) is 10.6 Å². The largest absolute Gasteiger partial charge is 0.336 e. The third-order valence-electron chi connectivity index (χ3n) is 4.23. The number of urea groups is 1. The summed E-state index contributed by atoms with van der Waals surface area (Å²) in [6, 6.07) is 7.34. The van der Waals surface area contributed by atoms with Gasteiger partial charge in [-0.2, -0.15) is 0 Å². The maximum absolute atomic E-state index is 12.0. The Morgan fingerprint density at radius 3 is 2.58 bits per heavy atom. The van der Waals surface area contributed by atoms with E-state index in [2.05, 4.69) is 10.6 Å². The van der Waals surface area contributed by atoms with Gasteiger partial charge in [-0.3, -0.25) is 4.31 Å². The number of carbonyl (C=O) groups is 1. The molecular formula is C17H27N3O3S. The number of hydrogen-bond donors (Lipinski definition) is 2. The molecule has 0 atom stereocenters. The van der Waals surface area contributed by atoms with Gasteiger partial charge in [0.25, 0.3) is 0 Å². The number of carbonyl (C=O) groups excluding carboxylic acids is 1. The molecule has 1 aliphatic carbocycles. The van der Waals surface area contributed by atoms with Crippen LogP contribution in [0.1, 0.15) is 37.7 Å². The van der Waals surface area contributed by atoms with Gasteiger partial charge in [0.1, 0.15) is 0 Å². The molecule has 1 aliphatic rings. The highest BCUT2D eigenvalue weighted by molar-refractivity contribution is 7.92. The summed E-state index contributed by atoms with van der Waals surface area (Å²) in [5, 5.41) is 5.72. The average molecular weight is 353 g/mol. The smallest absolute Gasteiger partial charge is 0.315 e. The van der Waals surface area contributed by atoms with E-state index in [9.17, 15) is 13.2 Å². The van der Waals surface area contributed by atoms with Gasteiger partial charge in [-0.1, -0.05) is 31.4 Å². The lowest BCUT2D eigenvalue weighted by molar-refractivity contribution is 0.233. The van der Waals surface area contributed by atoms with Crippen LogP contribution in [-0.2, 0) is 10.0 Å². The molecule has 2 amide bonds. The minimum atomic E-state index is -3.40. The number of benzene rings is 1. The summed E-state index contributed by atoms with van der Waals surface area (Å²) >= 11 is 0. The number of nitrogens with one attached hydrogen (secondary N) is 2. The lowest BCUT2D eigenvalue weighted by Gasteiger charge is -2.25. The molecule has 24 heavy (non-hydrogen) atoms. The molecule has 1 aromatic rings. The number of nitrogens with zero attached hydrogens (tertiary/aromatic N) is 1. The van der Waals surface area contributed by atoms with Crippen molar-refractivity contribution >= 4 is 21.7 Å². The van der Waals surface area contributed by atoms with Crippen LogP contribution in [0.3, 0.4) is 0 Å². The molecule has 1 aromatic carbocycles. The Kier molecular flexibility index (Phi) is 6.48. The second kappa shape index (κ2) is 8.37. The molecule has 0 bridgehead atoms. The van der Waals surface area contributed by atoms with Crippen LogP contribution in [0.25, 0.3) is 0 Å². The zero-order valence-electron chi connectivity index (χ0n) is 14.4. The predicted octanol–water partition coefficient (Wildman–Crippen LogP) is 2.39. The Morgan fingerprint density at radius 2 is 1.96 bits per heavy atom. The standard InChI is InChI=1S/C17H27N3O3S/c1-14-7-6-10-16(13-14)20(24(2,22)23)12-11-18-17(21)19-15-8-4-3-5-9-15/h6-7,10,13,15H,3-5,8-9,11-12H2,1-2H3,(H2,18,19,21). The molecule has 1 saturated carbocycles. The molecule has 0 spiro atoms. The molecule has 7 heteroatoms. The van der Waals surface area contributed by atoms with E-state index in [0.717, 1.165) is 31.2 Å². The van der Waals surface area contributed by atoms with E-state index in [-0.39, 0.29) is 25.2 Å². The first kappa shape index (κ1) is 18.6. The molecule has 0 saturated heterocycles. The van der Waals surface area contributed by atoms with Crippen LogP contribution >= 0.6 is 0 Å². The van der Waals surface area contributed by atoms with Gasteiger partial charge in [0, 0.05) is 12.6 Å². The molecule has 6 nitrogen and oxygen atoms in total. The molecule has 2 N–H and O–H groups in total. The van der Waals surface area contributed by atoms with E-state index in [1.165, 1.54) is 17.0 Å². The van der Waals surface area contributed by atoms with Crippen LogP contribution < -0.4 is 14.9 Å². The molecule has 1 fully saturated rings. The van der Waals surface area contributed by atoms with Gasteiger partial charge < -0.3 is 10.6 Å². The van der Waals surface area contributed by atoms with Crippen LogP contribution in [-0.4, -0.2) is 39.8 Å². The molecular weight excluding hydrogens is 326 g/mol. The van der Waals surface area contributed by atoms with Crippen molar-refractivity contribution in [2.24, 2.45) is 0 Å². The Balaban J connectivity index is 1.88. The predicted molar refractivity (Wildman–Crippen MR) is 96.8 cm³/mol. The SMILES string of the molecule is Cc1cccc(N(CCNC(=O)NC2CCCCC2)S(C)(=O)=O)c1. The number of sulfonamides is 1. The summed E-state index contributed by atoms with van der Waals surface area (Å²) in [6.45, 7) is 2.39. The van der Waals surface area contributed by atoms with Crippen molar-refractivity contribution in [3.63, 3.8) is 0 Å². The summed E-state index contributed by atoms with van der Waals surface area (Å²) in [6.07, 6.45) is 6.76. The number of rotatable bonds is 6. The average Bonchev–Trinajstić information content (AvgIpc) is 2.51. The van der Waals surface area contributed by atoms with Gasteiger partial charge in [0.2, 0.25) is 10.0 Å². The number of anilines is 1. The second-order valence-corrected chi connectivity index (χ2v) is 8.32. The first-order valence-corrected chi connectivity index (χ1v) is 10.3. The number of aryl methyl sites for hydroxylation is 1. The van der Waals surface area contributed by atoms with Gasteiger partial charge in [0.05, 0.1) is 18.5 Å². The maximum atomic E-state index is 12.0. The quantitative estimate of drug-likeness (QED) is 0.824. The van der Waals surface area contributed by atoms with Crippen molar-refractivity contribution in [3.8, 4) is 0 Å². The first-order valence-electron chi connectivity index (χ1n) is 8.45. The van der Waals surface area contributed by atoms with Crippen LogP contribution in [0.5, 0.6) is 0 Å². The van der Waals surface area contributed by atoms with Crippen LogP contribution in [0, 0.1) is 6.92 Å². The Morgan fingerprint density at radius 1 is 1.25 bits per heavy atom. The fourth-order valence-corrected chi connectivity index (χ4v) is 3.94. The normalized spacial score (nSPS) is 15.8. The molecule has 2 rings (SSSR count). The molecule has 0 heterocycles. The van der Waals surface area contributed by atoms with Crippen molar-refractivity contribution in [2.75, 3.05) is 23.7 Å². The first-order chi connectivity index (χ1) is 11.4. The van der Waals surface area contributed by atoms with Gasteiger partial charge in [-0.25, -0.2) is 13.2 Å². The minimum absolute atomic E-state index is 0.209. The highest BCUT2D eigenvalue weighted by Gasteiger charge is 2.18. The lowest BCUT2D eigenvalue weighted by atomic mass is 9.96. The summed E-state index contributed by atoms with van der Waals surface area (Å²) in [7, 11) is -3.40. The third kappa shape index (κ3) is 5.70. The van der Waals surface area contributed by atoms with Crippen LogP contribution in [0.15, 0.2) is 24.3 Å². The summed E-state index contributed by atoms with van der Waals surface area (Å²) in [5.41, 5.74) is 1.61. The van der Waals surface area contributed by atoms with Gasteiger partial charge in [-0.05, 0) is 37.5 Å². The van der Waals surface area contributed by atoms with Crippen LogP contribution in [0.2, 0.25) is 0 Å². The third-order valence-corrected chi connectivity index (χ3v) is 5.42. The molecule has 0 aromatic heterocycles. The van der Waals surface area contributed by atoms with Gasteiger partial charge >= 0.3 is 6.03 Å². The molecule has 0 aliphatic heterocycles. The lowest BCUT2D eigenvalue weighted by Crippen LogP contribution is -2.45. The molecule has 0 unspecified atom stereocenters. The van der Waals surface area contributed by atoms with Gasteiger partial charge in [0.15, 0.2) is 0 Å². The van der Waals surface area contributed by atoms with Crippen molar-refractivity contribution in [2.45, 2.75) is 45.1 Å². The van der Waals surface area contributed by atoms with E-state index in [1.54, 1.807) is 6.07 Å². The van der Waals surface area contributed by atoms with Crippen LogP contribution in [0.4, 0.5) is 10.5 Å². The van der Waals surface area contributed by atoms with Gasteiger partial charge in [-0.15, -0.1) is 0 Å². The van der Waals surface area contributed by atoms with E-state index in [0.29, 0.717) is 5.69 Å². The Labute approximate surface area is 144 Å². The Hall–Kier alpha value is -1.76. The monoisotopic (exact) mass is 353 g/mol. The highest BCUT2D eigenvalue weighted by atomic mass is 32.2. The summed E-state index contributed by atoms with van der Waals surface area (Å²) in [5.74, 6) is 0. The van der Waals surface area contributed by atoms with E-state index in [1.807, 2.05) is 25.1 Å². The molecule has 0 radical (unpaired) electrons. The van der Waals surface area contributed by atoms with Crippen molar-refractivity contribution in [1.29, 1.82) is 0 Å². The Bertz CT molecular complexity index is 655. The highest BCUT2D eigenvalue weighted by Crippen LogP contribution is 2.18. The van der Waals surface area contributed by atoms with E-state index in [4.69, 9.17) is 0 Å². The van der Waals surface area contributed by atoms with Crippen molar-refractivity contribution in [3.05, 3.63) is 29.8 Å². The minimum Gasteiger partial charge on any atom is -0.336 e. The zero-order valence-corrected chi connectivity index (χ0v) is 15.2. The van der Waals surface area contributed by atoms with Crippen molar-refractivity contribution < 1.29 is 13.2 Å². The van der Waals surface area contributed by atoms with E-state index >= 15 is 0 Å². The summed E-state index contributed by atoms with van der Waals surface area (Å²) in [4.78, 5) is 11.9. The fraction of sp³-hybridized carbons (Fsp3) is 0.588. The maximum Gasteiger partial charge on any atom is 0.315 e. The number of hydrogen-bond acceptors (Lipinski definition) is 3. The topological polar surface area (TPSA) is 78.5 Å². The summed E-state index contributed by atoms with van der Waals surface area (Å²) < 4.78 is 25.4. The molecule has 134 valence electrons. The number of amides is 2. The zero-order chi connectivity index (χ0) is 17.6.